The van der Waals surface area contributed by atoms with E-state index in [-0.39, 0.29) is 0 Å². The van der Waals surface area contributed by atoms with Crippen molar-refractivity contribution in [2.45, 2.75) is 13.8 Å². The van der Waals surface area contributed by atoms with Crippen LogP contribution >= 0.6 is 0 Å². The number of aromatic nitrogens is 2. The van der Waals surface area contributed by atoms with E-state index in [1.807, 2.05) is 18.2 Å². The second-order valence-electron chi connectivity index (χ2n) is 4.22. The third-order valence-corrected chi connectivity index (χ3v) is 3.02. The first-order valence-corrected chi connectivity index (χ1v) is 6.62. The van der Waals surface area contributed by atoms with Crippen molar-refractivity contribution >= 4 is 17.3 Å². The van der Waals surface area contributed by atoms with Crippen molar-refractivity contribution in [3.05, 3.63) is 42.2 Å². The molecule has 1 heterocycles. The summed E-state index contributed by atoms with van der Waals surface area (Å²) in [4.78, 5) is 10.4. The van der Waals surface area contributed by atoms with Crippen LogP contribution in [0.15, 0.2) is 36.5 Å². The highest BCUT2D eigenvalue weighted by Gasteiger charge is 2.03. The molecule has 0 aliphatic heterocycles. The van der Waals surface area contributed by atoms with Gasteiger partial charge in [-0.3, -0.25) is 0 Å². The summed E-state index contributed by atoms with van der Waals surface area (Å²) in [7, 11) is 0. The number of nitrogens with zero attached hydrogens (tertiary/aromatic N) is 4. The predicted octanol–water partition coefficient (Wildman–Crippen LogP) is 2.94. The number of nitriles is 1. The predicted molar refractivity (Wildman–Crippen MR) is 80.0 cm³/mol. The average Bonchev–Trinajstić information content (AvgIpc) is 2.50. The summed E-state index contributed by atoms with van der Waals surface area (Å²) in [5.74, 6) is 0.430. The van der Waals surface area contributed by atoms with Crippen LogP contribution in [0.2, 0.25) is 0 Å². The fraction of sp³-hybridized carbons (Fsp3) is 0.267. The van der Waals surface area contributed by atoms with Gasteiger partial charge >= 0.3 is 0 Å². The van der Waals surface area contributed by atoms with Crippen LogP contribution in [0.4, 0.5) is 17.3 Å². The van der Waals surface area contributed by atoms with Crippen molar-refractivity contribution in [1.82, 2.24) is 9.97 Å². The first-order valence-electron chi connectivity index (χ1n) is 6.62. The standard InChI is InChI=1S/C15H17N5/c1-3-20(4-2)14-7-5-12(6-8-14)18-15-17-10-9-13(11-16)19-15/h5-10H,3-4H2,1-2H3,(H,17,18,19). The minimum Gasteiger partial charge on any atom is -0.372 e. The van der Waals surface area contributed by atoms with Gasteiger partial charge < -0.3 is 10.2 Å². The number of hydrogen-bond donors (Lipinski definition) is 1. The van der Waals surface area contributed by atoms with Gasteiger partial charge in [-0.1, -0.05) is 0 Å². The second kappa shape index (κ2) is 6.53. The van der Waals surface area contributed by atoms with E-state index < -0.39 is 0 Å². The molecule has 0 unspecified atom stereocenters. The van der Waals surface area contributed by atoms with Crippen LogP contribution in [0.3, 0.4) is 0 Å². The Morgan fingerprint density at radius 2 is 1.85 bits per heavy atom. The summed E-state index contributed by atoms with van der Waals surface area (Å²) in [5, 5.41) is 11.9. The summed E-state index contributed by atoms with van der Waals surface area (Å²) < 4.78 is 0. The summed E-state index contributed by atoms with van der Waals surface area (Å²) in [6, 6.07) is 11.7. The Kier molecular flexibility index (Phi) is 4.51. The van der Waals surface area contributed by atoms with Gasteiger partial charge in [0, 0.05) is 30.7 Å². The van der Waals surface area contributed by atoms with Gasteiger partial charge in [-0.25, -0.2) is 9.97 Å². The highest BCUT2D eigenvalue weighted by Crippen LogP contribution is 2.19. The lowest BCUT2D eigenvalue weighted by atomic mass is 10.2. The number of nitrogens with one attached hydrogen (secondary N) is 1. The molecule has 5 heteroatoms. The topological polar surface area (TPSA) is 64.8 Å². The lowest BCUT2D eigenvalue weighted by molar-refractivity contribution is 0.866. The normalized spacial score (nSPS) is 9.85. The summed E-state index contributed by atoms with van der Waals surface area (Å²) in [6.45, 7) is 6.24. The van der Waals surface area contributed by atoms with Gasteiger partial charge in [0.05, 0.1) is 0 Å². The van der Waals surface area contributed by atoms with Crippen LogP contribution in [0.5, 0.6) is 0 Å². The van der Waals surface area contributed by atoms with E-state index >= 15 is 0 Å². The zero-order valence-corrected chi connectivity index (χ0v) is 11.7. The van der Waals surface area contributed by atoms with Gasteiger partial charge in [-0.2, -0.15) is 5.26 Å². The molecule has 0 amide bonds. The van der Waals surface area contributed by atoms with Gasteiger partial charge in [0.2, 0.25) is 5.95 Å². The molecule has 0 aliphatic carbocycles. The molecule has 1 aromatic carbocycles. The zero-order valence-electron chi connectivity index (χ0n) is 11.7. The molecule has 0 spiro atoms. The van der Waals surface area contributed by atoms with E-state index in [2.05, 4.69) is 46.2 Å². The molecule has 2 aromatic rings. The molecule has 0 aliphatic rings. The Bertz CT molecular complexity index is 596. The number of anilines is 3. The Hall–Kier alpha value is -2.61. The number of hydrogen-bond acceptors (Lipinski definition) is 5. The van der Waals surface area contributed by atoms with Crippen LogP contribution in [0.1, 0.15) is 19.5 Å². The van der Waals surface area contributed by atoms with Crippen molar-refractivity contribution in [3.8, 4) is 6.07 Å². The largest absolute Gasteiger partial charge is 0.372 e. The third-order valence-electron chi connectivity index (χ3n) is 3.02. The maximum Gasteiger partial charge on any atom is 0.228 e. The van der Waals surface area contributed by atoms with E-state index in [1.165, 1.54) is 5.69 Å². The van der Waals surface area contributed by atoms with Crippen molar-refractivity contribution in [2.75, 3.05) is 23.3 Å². The Morgan fingerprint density at radius 1 is 1.15 bits per heavy atom. The molecule has 102 valence electrons. The molecule has 0 saturated carbocycles. The molecule has 2 rings (SSSR count). The monoisotopic (exact) mass is 267 g/mol. The van der Waals surface area contributed by atoms with Crippen molar-refractivity contribution in [3.63, 3.8) is 0 Å². The fourth-order valence-corrected chi connectivity index (χ4v) is 1.95. The SMILES string of the molecule is CCN(CC)c1ccc(Nc2nccc(C#N)n2)cc1. The molecule has 0 saturated heterocycles. The third kappa shape index (κ3) is 3.23. The zero-order chi connectivity index (χ0) is 14.4. The van der Waals surface area contributed by atoms with Crippen LogP contribution < -0.4 is 10.2 Å². The fourth-order valence-electron chi connectivity index (χ4n) is 1.95. The molecule has 0 radical (unpaired) electrons. The summed E-state index contributed by atoms with van der Waals surface area (Å²) in [5.41, 5.74) is 2.44. The van der Waals surface area contributed by atoms with Crippen molar-refractivity contribution in [2.24, 2.45) is 0 Å². The van der Waals surface area contributed by atoms with E-state index in [0.29, 0.717) is 11.6 Å². The van der Waals surface area contributed by atoms with E-state index in [0.717, 1.165) is 18.8 Å². The lowest BCUT2D eigenvalue weighted by Gasteiger charge is -2.21. The summed E-state index contributed by atoms with van der Waals surface area (Å²) in [6.07, 6.45) is 1.57. The molecular weight excluding hydrogens is 250 g/mol. The van der Waals surface area contributed by atoms with E-state index in [1.54, 1.807) is 12.3 Å². The van der Waals surface area contributed by atoms with Gasteiger partial charge in [0.25, 0.3) is 0 Å². The number of rotatable bonds is 5. The highest BCUT2D eigenvalue weighted by atomic mass is 15.1. The minimum atomic E-state index is 0.349. The van der Waals surface area contributed by atoms with Gasteiger partial charge in [-0.05, 0) is 44.2 Å². The Morgan fingerprint density at radius 3 is 2.45 bits per heavy atom. The molecule has 0 fully saturated rings. The van der Waals surface area contributed by atoms with E-state index in [4.69, 9.17) is 5.26 Å². The molecular formula is C15H17N5. The summed E-state index contributed by atoms with van der Waals surface area (Å²) >= 11 is 0. The van der Waals surface area contributed by atoms with Crippen molar-refractivity contribution in [1.29, 1.82) is 5.26 Å². The van der Waals surface area contributed by atoms with Crippen molar-refractivity contribution < 1.29 is 0 Å². The van der Waals surface area contributed by atoms with Gasteiger partial charge in [0.1, 0.15) is 11.8 Å². The average molecular weight is 267 g/mol. The van der Waals surface area contributed by atoms with Crippen LogP contribution in [-0.2, 0) is 0 Å². The highest BCUT2D eigenvalue weighted by molar-refractivity contribution is 5.59. The Labute approximate surface area is 118 Å². The van der Waals surface area contributed by atoms with Gasteiger partial charge in [-0.15, -0.1) is 0 Å². The lowest BCUT2D eigenvalue weighted by Crippen LogP contribution is -2.21. The first-order chi connectivity index (χ1) is 9.76. The van der Waals surface area contributed by atoms with Crippen LogP contribution in [-0.4, -0.2) is 23.1 Å². The minimum absolute atomic E-state index is 0.349. The van der Waals surface area contributed by atoms with Gasteiger partial charge in [0.15, 0.2) is 0 Å². The Balaban J connectivity index is 2.12. The maximum absolute atomic E-state index is 8.81. The molecule has 1 aromatic heterocycles. The van der Waals surface area contributed by atoms with Crippen LogP contribution in [0, 0.1) is 11.3 Å². The first kappa shape index (κ1) is 13.8. The molecule has 0 atom stereocenters. The van der Waals surface area contributed by atoms with E-state index in [9.17, 15) is 0 Å². The molecule has 0 bridgehead atoms. The second-order valence-corrected chi connectivity index (χ2v) is 4.22. The van der Waals surface area contributed by atoms with Crippen LogP contribution in [0.25, 0.3) is 0 Å². The molecule has 5 nitrogen and oxygen atoms in total. The molecule has 1 N–H and O–H groups in total. The smallest absolute Gasteiger partial charge is 0.228 e. The molecule has 20 heavy (non-hydrogen) atoms. The quantitative estimate of drug-likeness (QED) is 0.902. The maximum atomic E-state index is 8.81. The number of benzene rings is 1.